The van der Waals surface area contributed by atoms with Crippen molar-refractivity contribution in [3.05, 3.63) is 22.7 Å². The zero-order chi connectivity index (χ0) is 17.7. The van der Waals surface area contributed by atoms with Gasteiger partial charge in [-0.25, -0.2) is 0 Å². The van der Waals surface area contributed by atoms with E-state index in [1.165, 1.54) is 7.11 Å². The van der Waals surface area contributed by atoms with Crippen molar-refractivity contribution < 1.29 is 19.4 Å². The number of anilines is 1. The Morgan fingerprint density at radius 3 is 2.83 bits per heavy atom. The van der Waals surface area contributed by atoms with Crippen molar-refractivity contribution in [3.63, 3.8) is 0 Å². The van der Waals surface area contributed by atoms with Gasteiger partial charge in [0.2, 0.25) is 11.8 Å². The van der Waals surface area contributed by atoms with Crippen LogP contribution in [0.15, 0.2) is 12.1 Å². The van der Waals surface area contributed by atoms with Crippen LogP contribution in [0.1, 0.15) is 18.4 Å². The Hall–Kier alpha value is -1.83. The highest BCUT2D eigenvalue weighted by Gasteiger charge is 2.27. The maximum absolute atomic E-state index is 12.0. The number of halogens is 1. The number of aryl methyl sites for hydroxylation is 1. The molecule has 0 aliphatic carbocycles. The summed E-state index contributed by atoms with van der Waals surface area (Å²) in [6, 6.07) is 2.98. The second kappa shape index (κ2) is 8.32. The molecule has 2 atom stereocenters. The first-order valence-electron chi connectivity index (χ1n) is 7.74. The molecule has 4 N–H and O–H groups in total. The minimum Gasteiger partial charge on any atom is -0.495 e. The number of carbonyl (C=O) groups is 2. The second-order valence-electron chi connectivity index (χ2n) is 5.74. The average molecular weight is 356 g/mol. The Balaban J connectivity index is 1.81. The first-order chi connectivity index (χ1) is 11.4. The van der Waals surface area contributed by atoms with Crippen LogP contribution >= 0.6 is 11.6 Å². The van der Waals surface area contributed by atoms with Crippen molar-refractivity contribution in [1.82, 2.24) is 10.6 Å². The molecule has 0 spiro atoms. The number of ether oxygens (including phenoxy) is 1. The molecule has 0 saturated carbocycles. The third kappa shape index (κ3) is 4.83. The summed E-state index contributed by atoms with van der Waals surface area (Å²) in [7, 11) is 1.50. The molecule has 0 radical (unpaired) electrons. The third-order valence-electron chi connectivity index (χ3n) is 3.83. The van der Waals surface area contributed by atoms with E-state index in [1.807, 2.05) is 6.92 Å². The first kappa shape index (κ1) is 18.5. The monoisotopic (exact) mass is 355 g/mol. The van der Waals surface area contributed by atoms with Gasteiger partial charge in [-0.1, -0.05) is 11.6 Å². The van der Waals surface area contributed by atoms with Gasteiger partial charge in [0.25, 0.3) is 0 Å². The van der Waals surface area contributed by atoms with Crippen LogP contribution in [-0.2, 0) is 9.59 Å². The molecule has 1 aromatic carbocycles. The molecule has 1 aliphatic rings. The Morgan fingerprint density at radius 1 is 1.46 bits per heavy atom. The molecule has 0 bridgehead atoms. The van der Waals surface area contributed by atoms with Gasteiger partial charge in [-0.05, 0) is 25.0 Å². The first-order valence-corrected chi connectivity index (χ1v) is 8.11. The average Bonchev–Trinajstić information content (AvgIpc) is 2.97. The van der Waals surface area contributed by atoms with Crippen molar-refractivity contribution in [2.24, 2.45) is 0 Å². The number of nitrogens with one attached hydrogen (secondary N) is 3. The molecule has 1 heterocycles. The van der Waals surface area contributed by atoms with Gasteiger partial charge in [0, 0.05) is 30.6 Å². The molecular formula is C16H22ClN3O4. The van der Waals surface area contributed by atoms with E-state index >= 15 is 0 Å². The molecule has 2 unspecified atom stereocenters. The molecule has 1 aliphatic heterocycles. The predicted molar refractivity (Wildman–Crippen MR) is 91.4 cm³/mol. The minimum absolute atomic E-state index is 0.131. The van der Waals surface area contributed by atoms with Gasteiger partial charge >= 0.3 is 0 Å². The predicted octanol–water partition coefficient (Wildman–Crippen LogP) is 0.825. The van der Waals surface area contributed by atoms with Crippen LogP contribution < -0.4 is 20.7 Å². The van der Waals surface area contributed by atoms with E-state index in [1.54, 1.807) is 12.1 Å². The van der Waals surface area contributed by atoms with E-state index in [2.05, 4.69) is 16.0 Å². The minimum atomic E-state index is -0.496. The zero-order valence-corrected chi connectivity index (χ0v) is 14.4. The fourth-order valence-electron chi connectivity index (χ4n) is 2.48. The lowest BCUT2D eigenvalue weighted by Gasteiger charge is -2.13. The Kier molecular flexibility index (Phi) is 6.42. The van der Waals surface area contributed by atoms with E-state index in [9.17, 15) is 14.7 Å². The lowest BCUT2D eigenvalue weighted by Crippen LogP contribution is -2.41. The molecule has 8 heteroatoms. The molecule has 132 valence electrons. The number of aliphatic hydroxyl groups is 1. The number of carbonyl (C=O) groups excluding carboxylic acids is 2. The van der Waals surface area contributed by atoms with E-state index in [-0.39, 0.29) is 24.8 Å². The molecule has 1 fully saturated rings. The van der Waals surface area contributed by atoms with E-state index in [0.717, 1.165) is 5.56 Å². The van der Waals surface area contributed by atoms with Crippen LogP contribution in [0.4, 0.5) is 5.69 Å². The van der Waals surface area contributed by atoms with Crippen molar-refractivity contribution in [3.8, 4) is 5.75 Å². The van der Waals surface area contributed by atoms with Crippen LogP contribution in [-0.4, -0.2) is 49.3 Å². The molecule has 1 saturated heterocycles. The summed E-state index contributed by atoms with van der Waals surface area (Å²) in [4.78, 5) is 23.9. The number of hydrogen-bond acceptors (Lipinski definition) is 5. The SMILES string of the molecule is COc1cc(Cl)c(C)cc1NC(=O)CCNC(=O)C1CC(O)CN1. The maximum atomic E-state index is 12.0. The topological polar surface area (TPSA) is 99.7 Å². The van der Waals surface area contributed by atoms with Gasteiger partial charge in [0.15, 0.2) is 0 Å². The summed E-state index contributed by atoms with van der Waals surface area (Å²) < 4.78 is 5.20. The van der Waals surface area contributed by atoms with E-state index < -0.39 is 12.1 Å². The molecule has 7 nitrogen and oxygen atoms in total. The standard InChI is InChI=1S/C16H22ClN3O4/c1-9-5-12(14(24-2)7-11(9)17)20-15(22)3-4-18-16(23)13-6-10(21)8-19-13/h5,7,10,13,19,21H,3-4,6,8H2,1-2H3,(H,18,23)(H,20,22). The van der Waals surface area contributed by atoms with Crippen molar-refractivity contribution >= 4 is 29.1 Å². The number of rotatable bonds is 6. The lowest BCUT2D eigenvalue weighted by atomic mass is 10.2. The molecule has 0 aromatic heterocycles. The molecule has 2 rings (SSSR count). The highest BCUT2D eigenvalue weighted by atomic mass is 35.5. The fraction of sp³-hybridized carbons (Fsp3) is 0.500. The van der Waals surface area contributed by atoms with Crippen LogP contribution in [0.5, 0.6) is 5.75 Å². The van der Waals surface area contributed by atoms with Crippen molar-refractivity contribution in [1.29, 1.82) is 0 Å². The third-order valence-corrected chi connectivity index (χ3v) is 4.24. The largest absolute Gasteiger partial charge is 0.495 e. The Bertz CT molecular complexity index is 624. The molecule has 2 amide bonds. The highest BCUT2D eigenvalue weighted by Crippen LogP contribution is 2.30. The van der Waals surface area contributed by atoms with E-state index in [4.69, 9.17) is 16.3 Å². The van der Waals surface area contributed by atoms with Crippen LogP contribution in [0.25, 0.3) is 0 Å². The van der Waals surface area contributed by atoms with E-state index in [0.29, 0.717) is 29.4 Å². The fourth-order valence-corrected chi connectivity index (χ4v) is 2.64. The van der Waals surface area contributed by atoms with Crippen molar-refractivity contribution in [2.75, 3.05) is 25.5 Å². The van der Waals surface area contributed by atoms with Gasteiger partial charge in [-0.2, -0.15) is 0 Å². The number of β-amino-alcohol motifs (C(OH)–C–C–N with tert-alkyl or cyclic N) is 1. The number of amides is 2. The van der Waals surface area contributed by atoms with Gasteiger partial charge in [-0.3, -0.25) is 9.59 Å². The number of methoxy groups -OCH3 is 1. The summed E-state index contributed by atoms with van der Waals surface area (Å²) in [5, 5.41) is 18.3. The van der Waals surface area contributed by atoms with Crippen LogP contribution in [0, 0.1) is 6.92 Å². The number of aliphatic hydroxyl groups excluding tert-OH is 1. The molecule has 24 heavy (non-hydrogen) atoms. The quantitative estimate of drug-likeness (QED) is 0.605. The second-order valence-corrected chi connectivity index (χ2v) is 6.15. The summed E-state index contributed by atoms with van der Waals surface area (Å²) >= 11 is 6.03. The van der Waals surface area contributed by atoms with Crippen molar-refractivity contribution in [2.45, 2.75) is 31.9 Å². The smallest absolute Gasteiger partial charge is 0.237 e. The maximum Gasteiger partial charge on any atom is 0.237 e. The molecule has 1 aromatic rings. The summed E-state index contributed by atoms with van der Waals surface area (Å²) in [5.74, 6) is 0.0288. The number of benzene rings is 1. The summed E-state index contributed by atoms with van der Waals surface area (Å²) in [6.07, 6.45) is 0.0233. The van der Waals surface area contributed by atoms with Gasteiger partial charge in [-0.15, -0.1) is 0 Å². The Labute approximate surface area is 145 Å². The highest BCUT2D eigenvalue weighted by molar-refractivity contribution is 6.31. The van der Waals surface area contributed by atoms with Gasteiger partial charge in [0.1, 0.15) is 5.75 Å². The summed E-state index contributed by atoms with van der Waals surface area (Å²) in [6.45, 7) is 2.46. The normalized spacial score (nSPS) is 19.8. The van der Waals surface area contributed by atoms with Gasteiger partial charge in [0.05, 0.1) is 24.9 Å². The zero-order valence-electron chi connectivity index (χ0n) is 13.7. The summed E-state index contributed by atoms with van der Waals surface area (Å²) in [5.41, 5.74) is 1.36. The lowest BCUT2D eigenvalue weighted by molar-refractivity contribution is -0.123. The Morgan fingerprint density at radius 2 is 2.21 bits per heavy atom. The van der Waals surface area contributed by atoms with Crippen LogP contribution in [0.2, 0.25) is 5.02 Å². The molecular weight excluding hydrogens is 334 g/mol. The van der Waals surface area contributed by atoms with Crippen LogP contribution in [0.3, 0.4) is 0 Å². The van der Waals surface area contributed by atoms with Gasteiger partial charge < -0.3 is 25.8 Å². The number of hydrogen-bond donors (Lipinski definition) is 4.